The standard InChI is InChI=1S/C16H17ClN2O5S2/c1-19(2)26(22,23)12-5-6-14(17)13(8-12)16(21)24-10-15(20)18-9-11-4-3-7-25-11/h3-8H,9-10H2,1-2H3,(H,18,20). The van der Waals surface area contributed by atoms with E-state index in [1.54, 1.807) is 0 Å². The molecule has 0 aliphatic heterocycles. The first kappa shape index (κ1) is 20.4. The van der Waals surface area contributed by atoms with Gasteiger partial charge in [0.25, 0.3) is 5.91 Å². The summed E-state index contributed by atoms with van der Waals surface area (Å²) in [5.74, 6) is -1.35. The quantitative estimate of drug-likeness (QED) is 0.698. The molecule has 2 rings (SSSR count). The lowest BCUT2D eigenvalue weighted by atomic mass is 10.2. The van der Waals surface area contributed by atoms with Gasteiger partial charge in [-0.1, -0.05) is 17.7 Å². The molecule has 1 heterocycles. The van der Waals surface area contributed by atoms with Gasteiger partial charge >= 0.3 is 5.97 Å². The minimum Gasteiger partial charge on any atom is -0.452 e. The van der Waals surface area contributed by atoms with Crippen molar-refractivity contribution in [1.82, 2.24) is 9.62 Å². The molecule has 0 aliphatic carbocycles. The summed E-state index contributed by atoms with van der Waals surface area (Å²) in [5, 5.41) is 4.54. The predicted molar refractivity (Wildman–Crippen MR) is 98.8 cm³/mol. The van der Waals surface area contributed by atoms with E-state index in [9.17, 15) is 18.0 Å². The van der Waals surface area contributed by atoms with Crippen molar-refractivity contribution in [2.75, 3.05) is 20.7 Å². The first-order chi connectivity index (χ1) is 12.2. The van der Waals surface area contributed by atoms with Gasteiger partial charge in [0.2, 0.25) is 10.0 Å². The van der Waals surface area contributed by atoms with Crippen LogP contribution >= 0.6 is 22.9 Å². The van der Waals surface area contributed by atoms with Crippen LogP contribution in [0.2, 0.25) is 5.02 Å². The molecule has 0 saturated heterocycles. The molecule has 7 nitrogen and oxygen atoms in total. The lowest BCUT2D eigenvalue weighted by Crippen LogP contribution is -2.28. The Hall–Kier alpha value is -1.94. The number of carbonyl (C=O) groups excluding carboxylic acids is 2. The van der Waals surface area contributed by atoms with E-state index in [-0.39, 0.29) is 15.5 Å². The van der Waals surface area contributed by atoms with Crippen LogP contribution in [0.1, 0.15) is 15.2 Å². The van der Waals surface area contributed by atoms with Crippen molar-refractivity contribution in [2.24, 2.45) is 0 Å². The first-order valence-electron chi connectivity index (χ1n) is 7.40. The van der Waals surface area contributed by atoms with Gasteiger partial charge in [0.05, 0.1) is 22.0 Å². The SMILES string of the molecule is CN(C)S(=O)(=O)c1ccc(Cl)c(C(=O)OCC(=O)NCc2cccs2)c1. The largest absolute Gasteiger partial charge is 0.452 e. The summed E-state index contributed by atoms with van der Waals surface area (Å²) in [6.45, 7) is -0.156. The maximum Gasteiger partial charge on any atom is 0.340 e. The highest BCUT2D eigenvalue weighted by atomic mass is 35.5. The minimum absolute atomic E-state index is 0.0340. The molecule has 1 amide bonds. The molecule has 0 unspecified atom stereocenters. The van der Waals surface area contributed by atoms with Gasteiger partial charge in [-0.2, -0.15) is 0 Å². The number of hydrogen-bond acceptors (Lipinski definition) is 6. The molecule has 1 N–H and O–H groups in total. The summed E-state index contributed by atoms with van der Waals surface area (Å²) in [5.41, 5.74) is -0.124. The smallest absolute Gasteiger partial charge is 0.340 e. The van der Waals surface area contributed by atoms with E-state index in [1.807, 2.05) is 17.5 Å². The Morgan fingerprint density at radius 1 is 1.27 bits per heavy atom. The van der Waals surface area contributed by atoms with Crippen LogP contribution in [0.15, 0.2) is 40.6 Å². The number of halogens is 1. The van der Waals surface area contributed by atoms with Crippen LogP contribution in [0.3, 0.4) is 0 Å². The Labute approximate surface area is 160 Å². The molecule has 0 atom stereocenters. The van der Waals surface area contributed by atoms with Crippen LogP contribution in [0.25, 0.3) is 0 Å². The molecule has 140 valence electrons. The van der Waals surface area contributed by atoms with Crippen molar-refractivity contribution in [1.29, 1.82) is 0 Å². The molecule has 0 radical (unpaired) electrons. The third-order valence-electron chi connectivity index (χ3n) is 3.31. The van der Waals surface area contributed by atoms with Gasteiger partial charge in [0, 0.05) is 19.0 Å². The topological polar surface area (TPSA) is 92.8 Å². The number of rotatable bonds is 7. The van der Waals surface area contributed by atoms with Crippen molar-refractivity contribution in [2.45, 2.75) is 11.4 Å². The molecule has 0 fully saturated rings. The van der Waals surface area contributed by atoms with Crippen molar-refractivity contribution in [3.63, 3.8) is 0 Å². The van der Waals surface area contributed by atoms with E-state index in [2.05, 4.69) is 5.32 Å². The monoisotopic (exact) mass is 416 g/mol. The van der Waals surface area contributed by atoms with Gasteiger partial charge < -0.3 is 10.1 Å². The number of benzene rings is 1. The third-order valence-corrected chi connectivity index (χ3v) is 6.33. The minimum atomic E-state index is -3.73. The van der Waals surface area contributed by atoms with Crippen molar-refractivity contribution in [3.05, 3.63) is 51.2 Å². The predicted octanol–water partition coefficient (Wildman–Crippen LogP) is 2.12. The molecule has 0 spiro atoms. The van der Waals surface area contributed by atoms with E-state index in [0.717, 1.165) is 15.2 Å². The van der Waals surface area contributed by atoms with Gasteiger partial charge in [-0.3, -0.25) is 4.79 Å². The molecule has 10 heteroatoms. The van der Waals surface area contributed by atoms with Gasteiger partial charge in [0.1, 0.15) is 0 Å². The fourth-order valence-corrected chi connectivity index (χ4v) is 3.66. The number of sulfonamides is 1. The fraction of sp³-hybridized carbons (Fsp3) is 0.250. The molecule has 2 aromatic rings. The summed E-state index contributed by atoms with van der Waals surface area (Å²) in [7, 11) is -0.976. The Kier molecular flexibility index (Phi) is 6.76. The molecular weight excluding hydrogens is 400 g/mol. The molecule has 1 aromatic heterocycles. The summed E-state index contributed by atoms with van der Waals surface area (Å²) < 4.78 is 30.2. The molecule has 0 bridgehead atoms. The van der Waals surface area contributed by atoms with E-state index in [4.69, 9.17) is 16.3 Å². The highest BCUT2D eigenvalue weighted by molar-refractivity contribution is 7.89. The molecular formula is C16H17ClN2O5S2. The summed E-state index contributed by atoms with van der Waals surface area (Å²) in [6, 6.07) is 7.45. The Morgan fingerprint density at radius 2 is 2.00 bits per heavy atom. The summed E-state index contributed by atoms with van der Waals surface area (Å²) in [4.78, 5) is 24.8. The van der Waals surface area contributed by atoms with Crippen LogP contribution in [-0.2, 0) is 26.1 Å². The second-order valence-corrected chi connectivity index (χ2v) is 8.95. The lowest BCUT2D eigenvalue weighted by Gasteiger charge is -2.13. The van der Waals surface area contributed by atoms with E-state index >= 15 is 0 Å². The summed E-state index contributed by atoms with van der Waals surface area (Å²) >= 11 is 7.45. The highest BCUT2D eigenvalue weighted by Crippen LogP contribution is 2.22. The number of esters is 1. The number of ether oxygens (including phenoxy) is 1. The van der Waals surface area contributed by atoms with E-state index < -0.39 is 28.5 Å². The molecule has 0 saturated carbocycles. The normalized spacial score (nSPS) is 11.4. The molecule has 26 heavy (non-hydrogen) atoms. The highest BCUT2D eigenvalue weighted by Gasteiger charge is 2.21. The Morgan fingerprint density at radius 3 is 2.62 bits per heavy atom. The average Bonchev–Trinajstić information content (AvgIpc) is 3.11. The van der Waals surface area contributed by atoms with Gasteiger partial charge in [-0.15, -0.1) is 11.3 Å². The van der Waals surface area contributed by atoms with Crippen LogP contribution < -0.4 is 5.32 Å². The van der Waals surface area contributed by atoms with Crippen LogP contribution in [-0.4, -0.2) is 45.3 Å². The van der Waals surface area contributed by atoms with Crippen molar-refractivity contribution in [3.8, 4) is 0 Å². The number of carbonyl (C=O) groups is 2. The maximum atomic E-state index is 12.2. The van der Waals surface area contributed by atoms with Crippen LogP contribution in [0, 0.1) is 0 Å². The maximum absolute atomic E-state index is 12.2. The Bertz CT molecular complexity index is 895. The average molecular weight is 417 g/mol. The zero-order chi connectivity index (χ0) is 19.3. The second kappa shape index (κ2) is 8.63. The number of hydrogen-bond donors (Lipinski definition) is 1. The van der Waals surface area contributed by atoms with Crippen LogP contribution in [0.4, 0.5) is 0 Å². The molecule has 0 aliphatic rings. The first-order valence-corrected chi connectivity index (χ1v) is 10.1. The fourth-order valence-electron chi connectivity index (χ4n) is 1.89. The van der Waals surface area contributed by atoms with E-state index in [1.165, 1.54) is 37.6 Å². The number of nitrogens with one attached hydrogen (secondary N) is 1. The zero-order valence-electron chi connectivity index (χ0n) is 14.1. The van der Waals surface area contributed by atoms with Gasteiger partial charge in [-0.25, -0.2) is 17.5 Å². The second-order valence-electron chi connectivity index (χ2n) is 5.36. The van der Waals surface area contributed by atoms with Crippen molar-refractivity contribution < 1.29 is 22.7 Å². The Balaban J connectivity index is 2.01. The number of amides is 1. The third kappa shape index (κ3) is 5.04. The van der Waals surface area contributed by atoms with E-state index in [0.29, 0.717) is 6.54 Å². The lowest BCUT2D eigenvalue weighted by molar-refractivity contribution is -0.124. The molecule has 1 aromatic carbocycles. The van der Waals surface area contributed by atoms with Gasteiger partial charge in [-0.05, 0) is 29.6 Å². The zero-order valence-corrected chi connectivity index (χ0v) is 16.5. The summed E-state index contributed by atoms with van der Waals surface area (Å²) in [6.07, 6.45) is 0. The number of nitrogens with zero attached hydrogens (tertiary/aromatic N) is 1. The van der Waals surface area contributed by atoms with Crippen LogP contribution in [0.5, 0.6) is 0 Å². The number of thiophene rings is 1. The van der Waals surface area contributed by atoms with Gasteiger partial charge in [0.15, 0.2) is 6.61 Å². The van der Waals surface area contributed by atoms with Crippen molar-refractivity contribution >= 4 is 44.8 Å².